The zero-order valence-electron chi connectivity index (χ0n) is 6.66. The fourth-order valence-corrected chi connectivity index (χ4v) is 1.35. The van der Waals surface area contributed by atoms with E-state index in [0.717, 1.165) is 10.8 Å². The van der Waals surface area contributed by atoms with Crippen molar-refractivity contribution in [1.29, 1.82) is 0 Å². The molecule has 1 N–H and O–H groups in total. The Morgan fingerprint density at radius 3 is 2.92 bits per heavy atom. The van der Waals surface area contributed by atoms with Crippen molar-refractivity contribution in [2.75, 3.05) is 5.32 Å². The third-order valence-electron chi connectivity index (χ3n) is 1.86. The average molecular weight is 178 g/mol. The molecular weight excluding hydrogens is 168 g/mol. The van der Waals surface area contributed by atoms with Crippen molar-refractivity contribution in [2.45, 2.75) is 12.8 Å². The van der Waals surface area contributed by atoms with Gasteiger partial charge in [-0.2, -0.15) is 0 Å². The average Bonchev–Trinajstić information content (AvgIpc) is 2.88. The Morgan fingerprint density at radius 1 is 1.50 bits per heavy atom. The highest BCUT2D eigenvalue weighted by molar-refractivity contribution is 7.80. The van der Waals surface area contributed by atoms with Crippen molar-refractivity contribution in [1.82, 2.24) is 4.98 Å². The van der Waals surface area contributed by atoms with Gasteiger partial charge in [0, 0.05) is 12.1 Å². The van der Waals surface area contributed by atoms with E-state index in [1.807, 2.05) is 18.2 Å². The minimum absolute atomic E-state index is 0.613. The molecule has 0 aromatic carbocycles. The molecule has 1 aliphatic carbocycles. The van der Waals surface area contributed by atoms with Gasteiger partial charge in [-0.3, -0.25) is 0 Å². The summed E-state index contributed by atoms with van der Waals surface area (Å²) in [5.41, 5.74) is 0. The number of anilines is 1. The highest BCUT2D eigenvalue weighted by atomic mass is 32.1. The van der Waals surface area contributed by atoms with E-state index in [0.29, 0.717) is 5.92 Å². The molecule has 3 heteroatoms. The summed E-state index contributed by atoms with van der Waals surface area (Å²) in [6.07, 6.45) is 4.23. The topological polar surface area (TPSA) is 24.9 Å². The van der Waals surface area contributed by atoms with Crippen molar-refractivity contribution in [2.24, 2.45) is 5.92 Å². The molecule has 1 aliphatic rings. The summed E-state index contributed by atoms with van der Waals surface area (Å²) in [7, 11) is 0. The maximum atomic E-state index is 5.17. The molecule has 0 atom stereocenters. The predicted octanol–water partition coefficient (Wildman–Crippen LogP) is 2.23. The number of pyridine rings is 1. The van der Waals surface area contributed by atoms with Crippen LogP contribution in [0.5, 0.6) is 0 Å². The van der Waals surface area contributed by atoms with Crippen LogP contribution in [0, 0.1) is 5.92 Å². The molecule has 1 saturated carbocycles. The van der Waals surface area contributed by atoms with E-state index < -0.39 is 0 Å². The van der Waals surface area contributed by atoms with Gasteiger partial charge >= 0.3 is 0 Å². The largest absolute Gasteiger partial charge is 0.335 e. The van der Waals surface area contributed by atoms with Crippen LogP contribution >= 0.6 is 12.2 Å². The van der Waals surface area contributed by atoms with Gasteiger partial charge in [-0.25, -0.2) is 4.98 Å². The number of nitrogens with zero attached hydrogens (tertiary/aromatic N) is 1. The van der Waals surface area contributed by atoms with E-state index in [1.165, 1.54) is 12.8 Å². The van der Waals surface area contributed by atoms with Crippen LogP contribution in [0.1, 0.15) is 12.8 Å². The van der Waals surface area contributed by atoms with Gasteiger partial charge in [0.25, 0.3) is 0 Å². The predicted molar refractivity (Wildman–Crippen MR) is 53.2 cm³/mol. The molecule has 0 radical (unpaired) electrons. The Kier molecular flexibility index (Phi) is 2.04. The smallest absolute Gasteiger partial charge is 0.130 e. The summed E-state index contributed by atoms with van der Waals surface area (Å²) in [6, 6.07) is 5.77. The molecule has 1 aromatic rings. The molecule has 0 amide bonds. The van der Waals surface area contributed by atoms with E-state index in [9.17, 15) is 0 Å². The Hall–Kier alpha value is -0.960. The first kappa shape index (κ1) is 7.68. The van der Waals surface area contributed by atoms with Crippen molar-refractivity contribution in [3.63, 3.8) is 0 Å². The number of hydrogen-bond donors (Lipinski definition) is 1. The van der Waals surface area contributed by atoms with Crippen LogP contribution in [0.2, 0.25) is 0 Å². The van der Waals surface area contributed by atoms with Crippen LogP contribution in [0.3, 0.4) is 0 Å². The summed E-state index contributed by atoms with van der Waals surface area (Å²) in [4.78, 5) is 5.07. The van der Waals surface area contributed by atoms with Crippen molar-refractivity contribution in [3.05, 3.63) is 24.4 Å². The molecular formula is C9H10N2S. The summed E-state index contributed by atoms with van der Waals surface area (Å²) in [5.74, 6) is 1.47. The minimum atomic E-state index is 0.613. The van der Waals surface area contributed by atoms with Crippen molar-refractivity contribution >= 4 is 23.0 Å². The Balaban J connectivity index is 1.98. The number of thiocarbonyl (C=S) groups is 1. The minimum Gasteiger partial charge on any atom is -0.335 e. The van der Waals surface area contributed by atoms with Gasteiger partial charge in [-0.05, 0) is 25.0 Å². The molecule has 2 rings (SSSR count). The lowest BCUT2D eigenvalue weighted by molar-refractivity contribution is 1.20. The second-order valence-corrected chi connectivity index (χ2v) is 3.42. The lowest BCUT2D eigenvalue weighted by atomic mass is 10.4. The maximum absolute atomic E-state index is 5.17. The summed E-state index contributed by atoms with van der Waals surface area (Å²) in [5, 5.41) is 3.12. The standard InChI is InChI=1S/C9H10N2S/c12-9(7-4-5-7)11-8-3-1-2-6-10-8/h1-3,6-7H,4-5H2,(H,10,11,12). The summed E-state index contributed by atoms with van der Waals surface area (Å²) >= 11 is 5.17. The second-order valence-electron chi connectivity index (χ2n) is 2.98. The van der Waals surface area contributed by atoms with Crippen LogP contribution in [-0.2, 0) is 0 Å². The van der Waals surface area contributed by atoms with Gasteiger partial charge in [0.15, 0.2) is 0 Å². The normalized spacial score (nSPS) is 15.7. The van der Waals surface area contributed by atoms with Crippen molar-refractivity contribution < 1.29 is 0 Å². The van der Waals surface area contributed by atoms with E-state index in [1.54, 1.807) is 6.20 Å². The molecule has 0 saturated heterocycles. The third kappa shape index (κ3) is 1.80. The van der Waals surface area contributed by atoms with Crippen LogP contribution in [0.4, 0.5) is 5.82 Å². The van der Waals surface area contributed by atoms with E-state index in [4.69, 9.17) is 12.2 Å². The Morgan fingerprint density at radius 2 is 2.33 bits per heavy atom. The van der Waals surface area contributed by atoms with E-state index >= 15 is 0 Å². The Labute approximate surface area is 77.0 Å². The summed E-state index contributed by atoms with van der Waals surface area (Å²) < 4.78 is 0. The molecule has 1 fully saturated rings. The van der Waals surface area contributed by atoms with Crippen LogP contribution < -0.4 is 5.32 Å². The first-order valence-electron chi connectivity index (χ1n) is 4.08. The van der Waals surface area contributed by atoms with Crippen molar-refractivity contribution in [3.8, 4) is 0 Å². The SMILES string of the molecule is S=C(Nc1ccccn1)C1CC1. The molecule has 62 valence electrons. The van der Waals surface area contributed by atoms with Gasteiger partial charge in [0.1, 0.15) is 5.82 Å². The first-order valence-corrected chi connectivity index (χ1v) is 4.49. The zero-order valence-corrected chi connectivity index (χ0v) is 7.47. The lowest BCUT2D eigenvalue weighted by Gasteiger charge is -2.03. The van der Waals surface area contributed by atoms with Gasteiger partial charge in [-0.1, -0.05) is 18.3 Å². The monoisotopic (exact) mass is 178 g/mol. The molecule has 0 aliphatic heterocycles. The fraction of sp³-hybridized carbons (Fsp3) is 0.333. The van der Waals surface area contributed by atoms with Crippen LogP contribution in [0.15, 0.2) is 24.4 Å². The highest BCUT2D eigenvalue weighted by Crippen LogP contribution is 2.30. The van der Waals surface area contributed by atoms with E-state index in [2.05, 4.69) is 10.3 Å². The van der Waals surface area contributed by atoms with Gasteiger partial charge < -0.3 is 5.32 Å². The van der Waals surface area contributed by atoms with Gasteiger partial charge in [0.2, 0.25) is 0 Å². The maximum Gasteiger partial charge on any atom is 0.130 e. The molecule has 0 unspecified atom stereocenters. The third-order valence-corrected chi connectivity index (χ3v) is 2.30. The number of rotatable bonds is 2. The zero-order chi connectivity index (χ0) is 8.39. The second kappa shape index (κ2) is 3.19. The quantitative estimate of drug-likeness (QED) is 0.703. The van der Waals surface area contributed by atoms with Crippen LogP contribution in [-0.4, -0.2) is 9.97 Å². The Bertz CT molecular complexity index is 280. The molecule has 12 heavy (non-hydrogen) atoms. The van der Waals surface area contributed by atoms with Gasteiger partial charge in [-0.15, -0.1) is 0 Å². The van der Waals surface area contributed by atoms with E-state index in [-0.39, 0.29) is 0 Å². The number of hydrogen-bond acceptors (Lipinski definition) is 2. The number of aromatic nitrogens is 1. The molecule has 1 heterocycles. The lowest BCUT2D eigenvalue weighted by Crippen LogP contribution is -2.11. The van der Waals surface area contributed by atoms with Crippen LogP contribution in [0.25, 0.3) is 0 Å². The van der Waals surface area contributed by atoms with Gasteiger partial charge in [0.05, 0.1) is 4.99 Å². The molecule has 1 aromatic heterocycles. The first-order chi connectivity index (χ1) is 5.86. The summed E-state index contributed by atoms with van der Waals surface area (Å²) in [6.45, 7) is 0. The number of nitrogens with one attached hydrogen (secondary N) is 1. The highest BCUT2D eigenvalue weighted by Gasteiger charge is 2.26. The molecule has 0 bridgehead atoms. The fourth-order valence-electron chi connectivity index (χ4n) is 1.01. The molecule has 0 spiro atoms. The molecule has 2 nitrogen and oxygen atoms in total.